The monoisotopic (exact) mass is 388 g/mol. The van der Waals surface area contributed by atoms with Gasteiger partial charge in [-0.2, -0.15) is 0 Å². The maximum absolute atomic E-state index is 13.3. The maximum atomic E-state index is 13.3. The van der Waals surface area contributed by atoms with Gasteiger partial charge in [0.15, 0.2) is 0 Å². The van der Waals surface area contributed by atoms with Crippen LogP contribution in [0.3, 0.4) is 0 Å². The second kappa shape index (κ2) is 7.23. The highest BCUT2D eigenvalue weighted by molar-refractivity contribution is 5.88. The van der Waals surface area contributed by atoms with Gasteiger partial charge >= 0.3 is 0 Å². The van der Waals surface area contributed by atoms with E-state index in [2.05, 4.69) is 19.2 Å². The Bertz CT molecular complexity index is 677. The van der Waals surface area contributed by atoms with Crippen LogP contribution in [0.2, 0.25) is 0 Å². The number of nitrogens with two attached hydrogens (primary N) is 1. The van der Waals surface area contributed by atoms with E-state index in [0.29, 0.717) is 61.5 Å². The summed E-state index contributed by atoms with van der Waals surface area (Å²) in [6.45, 7) is 5.02. The smallest absolute Gasteiger partial charge is 0.220 e. The molecule has 28 heavy (non-hydrogen) atoms. The van der Waals surface area contributed by atoms with Gasteiger partial charge in [-0.3, -0.25) is 14.4 Å². The molecule has 0 radical (unpaired) electrons. The van der Waals surface area contributed by atoms with Crippen LogP contribution in [-0.4, -0.2) is 30.1 Å². The number of nitrogens with one attached hydrogen (secondary N) is 1. The van der Waals surface area contributed by atoms with Crippen LogP contribution >= 0.6 is 0 Å². The van der Waals surface area contributed by atoms with Gasteiger partial charge in [0.05, 0.1) is 0 Å². The van der Waals surface area contributed by atoms with E-state index < -0.39 is 0 Å². The van der Waals surface area contributed by atoms with Crippen molar-refractivity contribution in [1.82, 2.24) is 5.32 Å². The molecule has 0 heterocycles. The second-order valence-electron chi connectivity index (χ2n) is 10.5. The quantitative estimate of drug-likeness (QED) is 0.775. The van der Waals surface area contributed by atoms with Crippen molar-refractivity contribution < 1.29 is 14.4 Å². The Kier molecular flexibility index (Phi) is 5.18. The molecule has 4 aliphatic rings. The van der Waals surface area contributed by atoms with E-state index in [1.54, 1.807) is 0 Å². The summed E-state index contributed by atoms with van der Waals surface area (Å²) in [6, 6.07) is 0.116. The van der Waals surface area contributed by atoms with Gasteiger partial charge in [0, 0.05) is 36.6 Å². The molecule has 5 heteroatoms. The molecule has 0 aromatic rings. The van der Waals surface area contributed by atoms with E-state index >= 15 is 0 Å². The lowest BCUT2D eigenvalue weighted by Crippen LogP contribution is -2.58. The molecular weight excluding hydrogens is 352 g/mol. The van der Waals surface area contributed by atoms with Crippen LogP contribution < -0.4 is 11.1 Å². The Morgan fingerprint density at radius 1 is 1.14 bits per heavy atom. The number of carbonyl (C=O) groups is 3. The largest absolute Gasteiger partial charge is 0.353 e. The predicted molar refractivity (Wildman–Crippen MR) is 107 cm³/mol. The fraction of sp³-hybridized carbons (Fsp3) is 0.870. The molecule has 0 aromatic carbocycles. The zero-order valence-corrected chi connectivity index (χ0v) is 17.5. The average Bonchev–Trinajstić information content (AvgIpc) is 2.96. The Morgan fingerprint density at radius 3 is 2.68 bits per heavy atom. The maximum Gasteiger partial charge on any atom is 0.220 e. The molecule has 4 fully saturated rings. The Morgan fingerprint density at radius 2 is 1.93 bits per heavy atom. The summed E-state index contributed by atoms with van der Waals surface area (Å²) in [5.41, 5.74) is 5.36. The van der Waals surface area contributed by atoms with Gasteiger partial charge in [0.25, 0.3) is 0 Å². The summed E-state index contributed by atoms with van der Waals surface area (Å²) in [5.74, 6) is 2.27. The zero-order chi connectivity index (χ0) is 20.1. The van der Waals surface area contributed by atoms with Gasteiger partial charge in [-0.1, -0.05) is 13.8 Å². The molecule has 4 saturated carbocycles. The van der Waals surface area contributed by atoms with Crippen molar-refractivity contribution in [3.63, 3.8) is 0 Å². The van der Waals surface area contributed by atoms with Crippen molar-refractivity contribution in [2.75, 3.05) is 6.54 Å². The fourth-order valence-corrected chi connectivity index (χ4v) is 7.50. The van der Waals surface area contributed by atoms with Gasteiger partial charge in [0.1, 0.15) is 11.6 Å². The lowest BCUT2D eigenvalue weighted by molar-refractivity contribution is -0.157. The molecule has 4 rings (SSSR count). The highest BCUT2D eigenvalue weighted by Gasteiger charge is 2.62. The van der Waals surface area contributed by atoms with Crippen LogP contribution in [-0.2, 0) is 14.4 Å². The van der Waals surface area contributed by atoms with Crippen molar-refractivity contribution in [3.8, 4) is 0 Å². The van der Waals surface area contributed by atoms with Crippen LogP contribution in [0.1, 0.15) is 78.1 Å². The highest BCUT2D eigenvalue weighted by atomic mass is 16.2. The Labute approximate surface area is 168 Å². The van der Waals surface area contributed by atoms with Gasteiger partial charge in [-0.05, 0) is 74.7 Å². The Balaban J connectivity index is 1.49. The van der Waals surface area contributed by atoms with Crippen LogP contribution in [0.25, 0.3) is 0 Å². The van der Waals surface area contributed by atoms with Crippen molar-refractivity contribution >= 4 is 17.5 Å². The van der Waals surface area contributed by atoms with Crippen molar-refractivity contribution in [2.24, 2.45) is 40.2 Å². The third-order valence-electron chi connectivity index (χ3n) is 9.14. The molecule has 0 aliphatic heterocycles. The topological polar surface area (TPSA) is 89.3 Å². The summed E-state index contributed by atoms with van der Waals surface area (Å²) in [6.07, 6.45) is 8.33. The number of hydrogen-bond acceptors (Lipinski definition) is 4. The van der Waals surface area contributed by atoms with Crippen LogP contribution in [0.4, 0.5) is 0 Å². The predicted octanol–water partition coefficient (Wildman–Crippen LogP) is 3.00. The van der Waals surface area contributed by atoms with Gasteiger partial charge in [-0.25, -0.2) is 0 Å². The van der Waals surface area contributed by atoms with E-state index in [1.165, 1.54) is 0 Å². The minimum absolute atomic E-state index is 0.0332. The third-order valence-corrected chi connectivity index (χ3v) is 9.14. The van der Waals surface area contributed by atoms with E-state index in [1.807, 2.05) is 0 Å². The van der Waals surface area contributed by atoms with E-state index in [4.69, 9.17) is 5.73 Å². The zero-order valence-electron chi connectivity index (χ0n) is 17.5. The normalized spacial score (nSPS) is 45.2. The number of ketones is 2. The molecule has 3 N–H and O–H groups in total. The third kappa shape index (κ3) is 3.05. The number of rotatable bonds is 4. The number of fused-ring (bicyclic) bond motifs is 5. The van der Waals surface area contributed by atoms with Crippen molar-refractivity contribution in [2.45, 2.75) is 84.1 Å². The molecule has 4 aliphatic carbocycles. The van der Waals surface area contributed by atoms with Gasteiger partial charge < -0.3 is 11.1 Å². The number of amides is 1. The van der Waals surface area contributed by atoms with Gasteiger partial charge in [0.2, 0.25) is 5.91 Å². The highest BCUT2D eigenvalue weighted by Crippen LogP contribution is 2.64. The summed E-state index contributed by atoms with van der Waals surface area (Å²) in [7, 11) is 0. The summed E-state index contributed by atoms with van der Waals surface area (Å²) in [5, 5.41) is 3.15. The molecule has 5 nitrogen and oxygen atoms in total. The molecular formula is C23H36N2O3. The molecule has 7 atom stereocenters. The fourth-order valence-electron chi connectivity index (χ4n) is 7.50. The van der Waals surface area contributed by atoms with E-state index in [9.17, 15) is 14.4 Å². The summed E-state index contributed by atoms with van der Waals surface area (Å²) < 4.78 is 0. The van der Waals surface area contributed by atoms with Crippen molar-refractivity contribution in [1.29, 1.82) is 0 Å². The Hall–Kier alpha value is -1.23. The molecule has 0 aromatic heterocycles. The second-order valence-corrected chi connectivity index (χ2v) is 10.5. The summed E-state index contributed by atoms with van der Waals surface area (Å²) >= 11 is 0. The number of Topliss-reactive ketones (excluding diaryl/α,β-unsaturated/α-hetero) is 2. The minimum atomic E-state index is -0.182. The number of hydrogen-bond donors (Lipinski definition) is 2. The van der Waals surface area contributed by atoms with Crippen LogP contribution in [0, 0.1) is 34.5 Å². The molecule has 156 valence electrons. The van der Waals surface area contributed by atoms with Gasteiger partial charge in [-0.15, -0.1) is 0 Å². The first-order chi connectivity index (χ1) is 13.3. The van der Waals surface area contributed by atoms with Crippen LogP contribution in [0.15, 0.2) is 0 Å². The van der Waals surface area contributed by atoms with Crippen LogP contribution in [0.5, 0.6) is 0 Å². The molecule has 0 bridgehead atoms. The summed E-state index contributed by atoms with van der Waals surface area (Å²) in [4.78, 5) is 37.9. The first-order valence-electron chi connectivity index (χ1n) is 11.3. The molecule has 0 spiro atoms. The minimum Gasteiger partial charge on any atom is -0.353 e. The standard InChI is InChI=1S/C23H36N2O3/c1-22-9-7-14(25-21(28)4-3-11-24)12-18(22)19(26)13-15-16-5-6-20(27)23(16,2)10-8-17(15)22/h14-18H,3-13,24H2,1-2H3,(H,25,28)/t14-,15-,16-,17-,18?,22+,23-/m0/s1. The SMILES string of the molecule is C[C@]12CC[C@H](NC(=O)CCCN)CC1C(=O)C[C@@H]1[C@@H]2CC[C@]2(C)C(=O)CC[C@@H]12. The lowest BCUT2D eigenvalue weighted by atomic mass is 9.45. The molecule has 1 unspecified atom stereocenters. The first-order valence-corrected chi connectivity index (χ1v) is 11.3. The van der Waals surface area contributed by atoms with E-state index in [0.717, 1.165) is 38.5 Å². The molecule has 0 saturated heterocycles. The first kappa shape index (κ1) is 20.1. The molecule has 1 amide bonds. The van der Waals surface area contributed by atoms with E-state index in [-0.39, 0.29) is 28.7 Å². The lowest BCUT2D eigenvalue weighted by Gasteiger charge is -2.59. The van der Waals surface area contributed by atoms with Crippen molar-refractivity contribution in [3.05, 3.63) is 0 Å². The average molecular weight is 389 g/mol. The number of carbonyl (C=O) groups excluding carboxylic acids is 3.